The van der Waals surface area contributed by atoms with Crippen molar-refractivity contribution in [3.8, 4) is 0 Å². The quantitative estimate of drug-likeness (QED) is 0.694. The van der Waals surface area contributed by atoms with Crippen LogP contribution >= 0.6 is 11.6 Å². The van der Waals surface area contributed by atoms with Gasteiger partial charge in [0.05, 0.1) is 0 Å². The first kappa shape index (κ1) is 14.0. The van der Waals surface area contributed by atoms with Crippen LogP contribution < -0.4 is 0 Å². The van der Waals surface area contributed by atoms with Gasteiger partial charge in [0, 0.05) is 5.02 Å². The van der Waals surface area contributed by atoms with Crippen molar-refractivity contribution < 1.29 is 0 Å². The molecule has 2 rings (SSSR count). The molecule has 0 N–H and O–H groups in total. The summed E-state index contributed by atoms with van der Waals surface area (Å²) in [5.74, 6) is 0. The van der Waals surface area contributed by atoms with E-state index in [0.29, 0.717) is 5.02 Å². The van der Waals surface area contributed by atoms with E-state index in [1.165, 1.54) is 0 Å². The highest BCUT2D eigenvalue weighted by Gasteiger charge is 2.30. The molecule has 2 nitrogen and oxygen atoms in total. The highest BCUT2D eigenvalue weighted by molar-refractivity contribution is 6.30. The summed E-state index contributed by atoms with van der Waals surface area (Å²) in [6.45, 7) is 8.48. The summed E-state index contributed by atoms with van der Waals surface area (Å²) in [4.78, 5) is 10.9. The van der Waals surface area contributed by atoms with E-state index in [0.717, 1.165) is 29.6 Å². The number of hydrogen-bond acceptors (Lipinski definition) is 2. The van der Waals surface area contributed by atoms with Gasteiger partial charge in [-0.2, -0.15) is 4.91 Å². The minimum atomic E-state index is -0.247. The van der Waals surface area contributed by atoms with Crippen LogP contribution in [0, 0.1) is 10.3 Å². The zero-order chi connectivity index (χ0) is 14.0. The van der Waals surface area contributed by atoms with Crippen molar-refractivity contribution in [2.24, 2.45) is 10.6 Å². The molecule has 100 valence electrons. The van der Waals surface area contributed by atoms with E-state index >= 15 is 0 Å². The summed E-state index contributed by atoms with van der Waals surface area (Å²) in [6, 6.07) is 7.37. The summed E-state index contributed by atoms with van der Waals surface area (Å²) in [5, 5.41) is 3.91. The molecule has 0 heterocycles. The van der Waals surface area contributed by atoms with Crippen molar-refractivity contribution in [3.63, 3.8) is 0 Å². The van der Waals surface area contributed by atoms with Gasteiger partial charge in [0.2, 0.25) is 0 Å². The van der Waals surface area contributed by atoms with Crippen molar-refractivity contribution in [3.05, 3.63) is 58.0 Å². The van der Waals surface area contributed by atoms with Gasteiger partial charge in [-0.05, 0) is 47.1 Å². The second kappa shape index (κ2) is 5.30. The Morgan fingerprint density at radius 2 is 2.00 bits per heavy atom. The van der Waals surface area contributed by atoms with Gasteiger partial charge in [0.25, 0.3) is 0 Å². The molecule has 0 aliphatic heterocycles. The van der Waals surface area contributed by atoms with E-state index in [1.807, 2.05) is 30.3 Å². The highest BCUT2D eigenvalue weighted by atomic mass is 35.5. The number of nitroso groups, excluding NO2 is 1. The second-order valence-electron chi connectivity index (χ2n) is 5.90. The van der Waals surface area contributed by atoms with Gasteiger partial charge in [-0.15, -0.1) is 0 Å². The minimum Gasteiger partial charge on any atom is -0.150 e. The van der Waals surface area contributed by atoms with E-state index in [4.69, 9.17) is 11.6 Å². The third kappa shape index (κ3) is 3.32. The zero-order valence-electron chi connectivity index (χ0n) is 11.3. The number of rotatable bonds is 3. The average molecular weight is 276 g/mol. The van der Waals surface area contributed by atoms with Crippen LogP contribution in [0.15, 0.2) is 47.7 Å². The largest absolute Gasteiger partial charge is 0.150 e. The van der Waals surface area contributed by atoms with E-state index < -0.39 is 0 Å². The van der Waals surface area contributed by atoms with Crippen LogP contribution in [0.5, 0.6) is 0 Å². The molecular formula is C16H18ClNO. The van der Waals surface area contributed by atoms with Crippen molar-refractivity contribution in [1.82, 2.24) is 0 Å². The van der Waals surface area contributed by atoms with Crippen LogP contribution in [0.1, 0.15) is 32.3 Å². The maximum Gasteiger partial charge on any atom is 0.111 e. The molecule has 0 amide bonds. The molecule has 19 heavy (non-hydrogen) atoms. The van der Waals surface area contributed by atoms with Crippen LogP contribution in [0.4, 0.5) is 0 Å². The Balaban J connectivity index is 2.29. The molecule has 1 unspecified atom stereocenters. The molecule has 1 atom stereocenters. The topological polar surface area (TPSA) is 29.4 Å². The Kier molecular flexibility index (Phi) is 3.91. The van der Waals surface area contributed by atoms with E-state index in [9.17, 15) is 4.91 Å². The smallest absolute Gasteiger partial charge is 0.111 e. The second-order valence-corrected chi connectivity index (χ2v) is 6.33. The number of halogens is 1. The highest BCUT2D eigenvalue weighted by Crippen LogP contribution is 2.41. The Morgan fingerprint density at radius 3 is 2.58 bits per heavy atom. The lowest BCUT2D eigenvalue weighted by atomic mass is 9.73. The molecule has 0 saturated heterocycles. The third-order valence-electron chi connectivity index (χ3n) is 3.54. The van der Waals surface area contributed by atoms with Gasteiger partial charge in [-0.3, -0.25) is 0 Å². The monoisotopic (exact) mass is 275 g/mol. The van der Waals surface area contributed by atoms with E-state index in [-0.39, 0.29) is 11.5 Å². The molecular weight excluding hydrogens is 258 g/mol. The van der Waals surface area contributed by atoms with Crippen LogP contribution in [-0.4, -0.2) is 6.04 Å². The molecule has 1 aromatic rings. The molecule has 0 spiro atoms. The van der Waals surface area contributed by atoms with E-state index in [1.54, 1.807) is 0 Å². The number of nitrogens with zero attached hydrogens (tertiary/aromatic N) is 1. The standard InChI is InChI=1S/C16H18ClNO/c1-11(12-4-6-14(17)7-5-12)13-8-15(18-19)10-16(2,3)9-13/h4-8,15H,1,9-10H2,2-3H3. The normalized spacial score (nSPS) is 21.6. The summed E-state index contributed by atoms with van der Waals surface area (Å²) < 4.78 is 0. The number of hydrogen-bond donors (Lipinski definition) is 0. The SMILES string of the molecule is C=C(C1=CC(N=O)CC(C)(C)C1)c1ccc(Cl)cc1. The summed E-state index contributed by atoms with van der Waals surface area (Å²) in [6.07, 6.45) is 3.67. The van der Waals surface area contributed by atoms with Crippen molar-refractivity contribution in [1.29, 1.82) is 0 Å². The Labute approximate surface area is 119 Å². The number of benzene rings is 1. The van der Waals surface area contributed by atoms with Crippen LogP contribution in [0.3, 0.4) is 0 Å². The van der Waals surface area contributed by atoms with Gasteiger partial charge in [-0.25, -0.2) is 0 Å². The summed E-state index contributed by atoms with van der Waals surface area (Å²) in [5.41, 5.74) is 3.19. The van der Waals surface area contributed by atoms with Crippen molar-refractivity contribution in [2.45, 2.75) is 32.7 Å². The van der Waals surface area contributed by atoms with Crippen LogP contribution in [0.25, 0.3) is 5.57 Å². The fourth-order valence-electron chi connectivity index (χ4n) is 2.62. The fraction of sp³-hybridized carbons (Fsp3) is 0.375. The molecule has 3 heteroatoms. The van der Waals surface area contributed by atoms with Gasteiger partial charge in [0.1, 0.15) is 6.04 Å². The lowest BCUT2D eigenvalue weighted by molar-refractivity contribution is 0.306. The maximum atomic E-state index is 10.9. The molecule has 0 radical (unpaired) electrons. The Bertz CT molecular complexity index is 528. The van der Waals surface area contributed by atoms with Gasteiger partial charge < -0.3 is 0 Å². The third-order valence-corrected chi connectivity index (χ3v) is 3.79. The first-order valence-corrected chi connectivity index (χ1v) is 6.77. The van der Waals surface area contributed by atoms with Crippen LogP contribution in [-0.2, 0) is 0 Å². The Hall–Kier alpha value is -1.41. The molecule has 1 aliphatic carbocycles. The Morgan fingerprint density at radius 1 is 1.37 bits per heavy atom. The summed E-state index contributed by atoms with van der Waals surface area (Å²) >= 11 is 5.89. The summed E-state index contributed by atoms with van der Waals surface area (Å²) in [7, 11) is 0. The average Bonchev–Trinajstić information content (AvgIpc) is 2.37. The minimum absolute atomic E-state index is 0.0814. The van der Waals surface area contributed by atoms with Crippen molar-refractivity contribution in [2.75, 3.05) is 0 Å². The first-order chi connectivity index (χ1) is 8.91. The van der Waals surface area contributed by atoms with Gasteiger partial charge >= 0.3 is 0 Å². The molecule has 0 bridgehead atoms. The van der Waals surface area contributed by atoms with Gasteiger partial charge in [-0.1, -0.05) is 55.4 Å². The molecule has 1 aromatic carbocycles. The van der Waals surface area contributed by atoms with Crippen molar-refractivity contribution >= 4 is 17.2 Å². The molecule has 0 fully saturated rings. The number of allylic oxidation sites excluding steroid dienone is 2. The van der Waals surface area contributed by atoms with E-state index in [2.05, 4.69) is 25.6 Å². The fourth-order valence-corrected chi connectivity index (χ4v) is 2.74. The predicted molar refractivity (Wildman–Crippen MR) is 81.2 cm³/mol. The molecule has 0 saturated carbocycles. The molecule has 0 aromatic heterocycles. The van der Waals surface area contributed by atoms with Gasteiger partial charge in [0.15, 0.2) is 0 Å². The first-order valence-electron chi connectivity index (χ1n) is 6.40. The molecule has 1 aliphatic rings. The lowest BCUT2D eigenvalue weighted by Gasteiger charge is -2.32. The zero-order valence-corrected chi connectivity index (χ0v) is 12.1. The maximum absolute atomic E-state index is 10.9. The van der Waals surface area contributed by atoms with Crippen LogP contribution in [0.2, 0.25) is 5.02 Å². The lowest BCUT2D eigenvalue weighted by Crippen LogP contribution is -2.24. The predicted octanol–water partition coefficient (Wildman–Crippen LogP) is 5.23.